The number of aromatic nitrogens is 3. The van der Waals surface area contributed by atoms with E-state index in [4.69, 9.17) is 4.42 Å². The number of nitrogens with one attached hydrogen (secondary N) is 2. The number of benzene rings is 2. The summed E-state index contributed by atoms with van der Waals surface area (Å²) in [6.45, 7) is 1.92. The molecule has 0 aliphatic rings. The first-order valence-electron chi connectivity index (χ1n) is 8.28. The van der Waals surface area contributed by atoms with Crippen molar-refractivity contribution < 1.29 is 17.2 Å². The highest BCUT2D eigenvalue weighted by atomic mass is 32.2. The molecule has 2 aromatic heterocycles. The summed E-state index contributed by atoms with van der Waals surface area (Å²) in [4.78, 5) is 2.85. The molecule has 4 aromatic rings. The number of hydrogen-bond donors (Lipinski definition) is 2. The number of nitrogens with zero attached hydrogens (tertiary/aromatic N) is 2. The van der Waals surface area contributed by atoms with Crippen LogP contribution >= 0.6 is 0 Å². The van der Waals surface area contributed by atoms with Gasteiger partial charge in [-0.15, -0.1) is 10.2 Å². The highest BCUT2D eigenvalue weighted by molar-refractivity contribution is 7.92. The van der Waals surface area contributed by atoms with Crippen molar-refractivity contribution in [1.29, 1.82) is 0 Å². The Labute approximate surface area is 160 Å². The minimum absolute atomic E-state index is 0.0320. The molecule has 0 unspecified atom stereocenters. The molecule has 28 heavy (non-hydrogen) atoms. The van der Waals surface area contributed by atoms with Gasteiger partial charge in [-0.3, -0.25) is 4.72 Å². The molecular formula is C19H15FN4O3S. The largest absolute Gasteiger partial charge is 0.415 e. The molecule has 2 aromatic carbocycles. The Balaban J connectivity index is 1.57. The minimum atomic E-state index is -3.78. The fourth-order valence-corrected chi connectivity index (χ4v) is 3.58. The molecule has 0 saturated heterocycles. The average molecular weight is 398 g/mol. The van der Waals surface area contributed by atoms with E-state index < -0.39 is 10.0 Å². The normalized spacial score (nSPS) is 11.5. The van der Waals surface area contributed by atoms with Crippen LogP contribution in [-0.2, 0) is 10.0 Å². The van der Waals surface area contributed by atoms with Gasteiger partial charge in [0.15, 0.2) is 0 Å². The molecule has 0 atom stereocenters. The molecule has 142 valence electrons. The van der Waals surface area contributed by atoms with Gasteiger partial charge in [0.1, 0.15) is 16.4 Å². The molecule has 0 amide bonds. The van der Waals surface area contributed by atoms with Crippen molar-refractivity contribution >= 4 is 15.7 Å². The number of aromatic amines is 1. The zero-order chi connectivity index (χ0) is 19.7. The number of H-pyrrole nitrogens is 1. The van der Waals surface area contributed by atoms with E-state index in [9.17, 15) is 12.8 Å². The van der Waals surface area contributed by atoms with Crippen LogP contribution in [0.25, 0.3) is 23.0 Å². The molecule has 2 heterocycles. The number of anilines is 1. The van der Waals surface area contributed by atoms with E-state index in [0.717, 1.165) is 5.56 Å². The predicted octanol–water partition coefficient (Wildman–Crippen LogP) is 3.98. The second-order valence-corrected chi connectivity index (χ2v) is 7.82. The van der Waals surface area contributed by atoms with Crippen LogP contribution in [0.3, 0.4) is 0 Å². The number of aryl methyl sites for hydroxylation is 1. The lowest BCUT2D eigenvalue weighted by atomic mass is 10.2. The zero-order valence-corrected chi connectivity index (χ0v) is 15.5. The van der Waals surface area contributed by atoms with E-state index in [1.54, 1.807) is 12.1 Å². The fourth-order valence-electron chi connectivity index (χ4n) is 2.53. The van der Waals surface area contributed by atoms with Gasteiger partial charge in [0, 0.05) is 17.4 Å². The van der Waals surface area contributed by atoms with Gasteiger partial charge in [-0.2, -0.15) is 0 Å². The second kappa shape index (κ2) is 6.93. The predicted molar refractivity (Wildman–Crippen MR) is 101 cm³/mol. The van der Waals surface area contributed by atoms with Crippen molar-refractivity contribution in [2.75, 3.05) is 4.72 Å². The zero-order valence-electron chi connectivity index (χ0n) is 14.7. The molecule has 0 aliphatic heterocycles. The third-order valence-electron chi connectivity index (χ3n) is 4.02. The van der Waals surface area contributed by atoms with Gasteiger partial charge in [-0.1, -0.05) is 17.7 Å². The standard InChI is InChI=1S/C19H15FN4O3S/c1-12-2-8-15(9-3-12)24-28(25,26)16-10-17(21-11-16)19-23-22-18(27-19)13-4-6-14(20)7-5-13/h2-11,21,24H,1H3. The van der Waals surface area contributed by atoms with E-state index >= 15 is 0 Å². The van der Waals surface area contributed by atoms with Crippen LogP contribution in [0.15, 0.2) is 70.1 Å². The molecule has 0 spiro atoms. The summed E-state index contributed by atoms with van der Waals surface area (Å²) in [6.07, 6.45) is 1.34. The highest BCUT2D eigenvalue weighted by Crippen LogP contribution is 2.26. The average Bonchev–Trinajstić information content (AvgIpc) is 3.33. The lowest BCUT2D eigenvalue weighted by Crippen LogP contribution is -2.12. The van der Waals surface area contributed by atoms with E-state index in [0.29, 0.717) is 16.9 Å². The Morgan fingerprint density at radius 2 is 1.68 bits per heavy atom. The van der Waals surface area contributed by atoms with E-state index in [2.05, 4.69) is 19.9 Å². The Bertz CT molecular complexity index is 1210. The summed E-state index contributed by atoms with van der Waals surface area (Å²) >= 11 is 0. The lowest BCUT2D eigenvalue weighted by molar-refractivity contribution is 0.582. The highest BCUT2D eigenvalue weighted by Gasteiger charge is 2.19. The lowest BCUT2D eigenvalue weighted by Gasteiger charge is -2.06. The molecule has 2 N–H and O–H groups in total. The molecule has 0 bridgehead atoms. The van der Waals surface area contributed by atoms with Gasteiger partial charge in [-0.05, 0) is 49.4 Å². The first-order chi connectivity index (χ1) is 13.4. The number of halogens is 1. The van der Waals surface area contributed by atoms with Gasteiger partial charge in [0.25, 0.3) is 15.9 Å². The van der Waals surface area contributed by atoms with Crippen LogP contribution in [0.5, 0.6) is 0 Å². The van der Waals surface area contributed by atoms with Crippen molar-refractivity contribution in [3.05, 3.63) is 72.2 Å². The van der Waals surface area contributed by atoms with Crippen LogP contribution in [0.4, 0.5) is 10.1 Å². The van der Waals surface area contributed by atoms with Crippen LogP contribution in [0, 0.1) is 12.7 Å². The van der Waals surface area contributed by atoms with Crippen molar-refractivity contribution in [3.8, 4) is 23.0 Å². The monoisotopic (exact) mass is 398 g/mol. The maximum atomic E-state index is 13.0. The van der Waals surface area contributed by atoms with Gasteiger partial charge < -0.3 is 9.40 Å². The smallest absolute Gasteiger partial charge is 0.264 e. The number of hydrogen-bond acceptors (Lipinski definition) is 5. The third-order valence-corrected chi connectivity index (χ3v) is 5.38. The summed E-state index contributed by atoms with van der Waals surface area (Å²) in [5.74, 6) is -0.0494. The van der Waals surface area contributed by atoms with E-state index in [1.165, 1.54) is 36.5 Å². The maximum Gasteiger partial charge on any atom is 0.264 e. The van der Waals surface area contributed by atoms with E-state index in [-0.39, 0.29) is 22.5 Å². The summed E-state index contributed by atoms with van der Waals surface area (Å²) in [5, 5.41) is 7.83. The van der Waals surface area contributed by atoms with Crippen LogP contribution in [0.1, 0.15) is 5.56 Å². The molecule has 0 fully saturated rings. The fraction of sp³-hybridized carbons (Fsp3) is 0.0526. The Morgan fingerprint density at radius 3 is 2.39 bits per heavy atom. The quantitative estimate of drug-likeness (QED) is 0.530. The molecule has 7 nitrogen and oxygen atoms in total. The van der Waals surface area contributed by atoms with Crippen LogP contribution in [-0.4, -0.2) is 23.6 Å². The first kappa shape index (κ1) is 17.9. The van der Waals surface area contributed by atoms with Gasteiger partial charge in [0.05, 0.1) is 0 Å². The molecule has 0 saturated carbocycles. The first-order valence-corrected chi connectivity index (χ1v) is 9.77. The molecule has 4 rings (SSSR count). The van der Waals surface area contributed by atoms with Crippen molar-refractivity contribution in [2.24, 2.45) is 0 Å². The summed E-state index contributed by atoms with van der Waals surface area (Å²) < 4.78 is 46.2. The third kappa shape index (κ3) is 3.65. The molecule has 9 heteroatoms. The van der Waals surface area contributed by atoms with Crippen molar-refractivity contribution in [1.82, 2.24) is 15.2 Å². The van der Waals surface area contributed by atoms with Gasteiger partial charge in [0.2, 0.25) is 5.89 Å². The second-order valence-electron chi connectivity index (χ2n) is 6.14. The summed E-state index contributed by atoms with van der Waals surface area (Å²) in [7, 11) is -3.78. The summed E-state index contributed by atoms with van der Waals surface area (Å²) in [5.41, 5.74) is 2.40. The van der Waals surface area contributed by atoms with Crippen LogP contribution < -0.4 is 4.72 Å². The SMILES string of the molecule is Cc1ccc(NS(=O)(=O)c2c[nH]c(-c3nnc(-c4ccc(F)cc4)o3)c2)cc1. The topological polar surface area (TPSA) is 101 Å². The number of rotatable bonds is 5. The number of sulfonamides is 1. The maximum absolute atomic E-state index is 13.0. The van der Waals surface area contributed by atoms with Crippen molar-refractivity contribution in [3.63, 3.8) is 0 Å². The molecule has 0 radical (unpaired) electrons. The van der Waals surface area contributed by atoms with Gasteiger partial charge >= 0.3 is 0 Å². The Morgan fingerprint density at radius 1 is 1.00 bits per heavy atom. The Kier molecular flexibility index (Phi) is 4.44. The Hall–Kier alpha value is -3.46. The summed E-state index contributed by atoms with van der Waals surface area (Å²) in [6, 6.07) is 14.0. The van der Waals surface area contributed by atoms with Gasteiger partial charge in [-0.25, -0.2) is 12.8 Å². The van der Waals surface area contributed by atoms with E-state index in [1.807, 2.05) is 19.1 Å². The minimum Gasteiger partial charge on any atom is -0.415 e. The van der Waals surface area contributed by atoms with Crippen molar-refractivity contribution in [2.45, 2.75) is 11.8 Å². The van der Waals surface area contributed by atoms with Crippen LogP contribution in [0.2, 0.25) is 0 Å². The molecular weight excluding hydrogens is 383 g/mol. The molecule has 0 aliphatic carbocycles.